The van der Waals surface area contributed by atoms with Gasteiger partial charge in [0, 0.05) is 24.5 Å². The molecule has 0 aliphatic carbocycles. The number of rotatable bonds is 3. The molecule has 3 heteroatoms. The Hall–Kier alpha value is -0.380. The van der Waals surface area contributed by atoms with Gasteiger partial charge in [-0.25, -0.2) is 0 Å². The molecule has 1 aromatic rings. The van der Waals surface area contributed by atoms with Crippen LogP contribution >= 0.6 is 11.3 Å². The predicted octanol–water partition coefficient (Wildman–Crippen LogP) is 2.27. The Balaban J connectivity index is 1.98. The second-order valence-electron chi connectivity index (χ2n) is 4.68. The van der Waals surface area contributed by atoms with Crippen molar-refractivity contribution < 1.29 is 5.11 Å². The topological polar surface area (TPSA) is 23.5 Å². The Kier molecular flexibility index (Phi) is 3.14. The third-order valence-electron chi connectivity index (χ3n) is 3.21. The average Bonchev–Trinajstić information content (AvgIpc) is 2.64. The van der Waals surface area contributed by atoms with E-state index in [4.69, 9.17) is 0 Å². The minimum atomic E-state index is -0.534. The molecule has 0 aromatic carbocycles. The van der Waals surface area contributed by atoms with E-state index < -0.39 is 5.60 Å². The summed E-state index contributed by atoms with van der Waals surface area (Å²) in [7, 11) is 0. The highest BCUT2D eigenvalue weighted by Crippen LogP contribution is 2.25. The zero-order valence-electron chi connectivity index (χ0n) is 9.49. The Morgan fingerprint density at radius 2 is 2.40 bits per heavy atom. The fourth-order valence-electron chi connectivity index (χ4n) is 2.04. The van der Waals surface area contributed by atoms with Crippen molar-refractivity contribution >= 4 is 11.3 Å². The van der Waals surface area contributed by atoms with Crippen LogP contribution in [0.25, 0.3) is 0 Å². The van der Waals surface area contributed by atoms with E-state index in [1.165, 1.54) is 10.4 Å². The lowest BCUT2D eigenvalue weighted by atomic mass is 10.0. The van der Waals surface area contributed by atoms with Crippen molar-refractivity contribution in [2.75, 3.05) is 13.1 Å². The molecule has 0 bridgehead atoms. The molecule has 1 aromatic heterocycles. The molecular formula is C12H19NOS. The van der Waals surface area contributed by atoms with Crippen LogP contribution in [0.1, 0.15) is 30.7 Å². The fraction of sp³-hybridized carbons (Fsp3) is 0.667. The third kappa shape index (κ3) is 2.60. The number of hydrogen-bond acceptors (Lipinski definition) is 3. The molecule has 1 N–H and O–H groups in total. The van der Waals surface area contributed by atoms with Crippen molar-refractivity contribution in [3.8, 4) is 0 Å². The maximum Gasteiger partial charge on any atom is 0.0743 e. The molecule has 15 heavy (non-hydrogen) atoms. The zero-order valence-corrected chi connectivity index (χ0v) is 10.3. The van der Waals surface area contributed by atoms with Gasteiger partial charge >= 0.3 is 0 Å². The first-order valence-electron chi connectivity index (χ1n) is 5.61. The van der Waals surface area contributed by atoms with E-state index in [0.717, 1.165) is 32.5 Å². The molecule has 84 valence electrons. The minimum absolute atomic E-state index is 0.534. The summed E-state index contributed by atoms with van der Waals surface area (Å²) in [5.41, 5.74) is 0.922. The van der Waals surface area contributed by atoms with E-state index in [1.54, 1.807) is 0 Å². The number of fused-ring (bicyclic) bond motifs is 1. The number of nitrogens with zero attached hydrogens (tertiary/aromatic N) is 1. The van der Waals surface area contributed by atoms with Crippen LogP contribution in [-0.2, 0) is 13.0 Å². The van der Waals surface area contributed by atoms with Crippen LogP contribution in [0.15, 0.2) is 11.4 Å². The van der Waals surface area contributed by atoms with E-state index in [2.05, 4.69) is 16.3 Å². The third-order valence-corrected chi connectivity index (χ3v) is 4.24. The van der Waals surface area contributed by atoms with Crippen molar-refractivity contribution in [2.45, 2.75) is 38.8 Å². The smallest absolute Gasteiger partial charge is 0.0743 e. The van der Waals surface area contributed by atoms with Crippen LogP contribution in [-0.4, -0.2) is 28.7 Å². The fourth-order valence-corrected chi connectivity index (χ4v) is 2.93. The molecule has 2 rings (SSSR count). The summed E-state index contributed by atoms with van der Waals surface area (Å²) >= 11 is 1.86. The summed E-state index contributed by atoms with van der Waals surface area (Å²) < 4.78 is 0. The molecule has 0 amide bonds. The summed E-state index contributed by atoms with van der Waals surface area (Å²) in [4.78, 5) is 3.89. The highest BCUT2D eigenvalue weighted by atomic mass is 32.1. The molecule has 0 saturated heterocycles. The Morgan fingerprint density at radius 1 is 1.60 bits per heavy atom. The van der Waals surface area contributed by atoms with E-state index in [0.29, 0.717) is 0 Å². The van der Waals surface area contributed by atoms with Gasteiger partial charge in [-0.3, -0.25) is 4.90 Å². The highest BCUT2D eigenvalue weighted by molar-refractivity contribution is 7.10. The lowest BCUT2D eigenvalue weighted by molar-refractivity contribution is 0.0126. The van der Waals surface area contributed by atoms with Crippen LogP contribution in [0.5, 0.6) is 0 Å². The van der Waals surface area contributed by atoms with Crippen molar-refractivity contribution in [2.24, 2.45) is 0 Å². The maximum atomic E-state index is 10.0. The van der Waals surface area contributed by atoms with E-state index in [1.807, 2.05) is 25.2 Å². The first kappa shape index (κ1) is 11.1. The minimum Gasteiger partial charge on any atom is -0.389 e. The van der Waals surface area contributed by atoms with E-state index >= 15 is 0 Å². The van der Waals surface area contributed by atoms with Gasteiger partial charge < -0.3 is 5.11 Å². The second-order valence-corrected chi connectivity index (χ2v) is 5.68. The number of thiophene rings is 1. The van der Waals surface area contributed by atoms with Gasteiger partial charge in [0.2, 0.25) is 0 Å². The van der Waals surface area contributed by atoms with Gasteiger partial charge in [0.15, 0.2) is 0 Å². The summed E-state index contributed by atoms with van der Waals surface area (Å²) in [5, 5.41) is 12.2. The standard InChI is InChI=1S/C12H19NOS/c1-3-12(2,14)9-13-6-4-11-10(8-13)5-7-15-11/h5,7,14H,3-4,6,8-9H2,1-2H3. The molecule has 0 saturated carbocycles. The molecule has 1 unspecified atom stereocenters. The largest absolute Gasteiger partial charge is 0.389 e. The molecule has 1 aliphatic heterocycles. The molecule has 2 nitrogen and oxygen atoms in total. The molecule has 1 aliphatic rings. The van der Waals surface area contributed by atoms with Crippen LogP contribution in [0.2, 0.25) is 0 Å². The lowest BCUT2D eigenvalue weighted by Crippen LogP contribution is -2.42. The first-order valence-corrected chi connectivity index (χ1v) is 6.49. The lowest BCUT2D eigenvalue weighted by Gasteiger charge is -2.33. The number of hydrogen-bond donors (Lipinski definition) is 1. The van der Waals surface area contributed by atoms with Crippen LogP contribution < -0.4 is 0 Å². The molecule has 1 atom stereocenters. The van der Waals surface area contributed by atoms with E-state index in [9.17, 15) is 5.11 Å². The van der Waals surface area contributed by atoms with Gasteiger partial charge in [-0.15, -0.1) is 11.3 Å². The van der Waals surface area contributed by atoms with Crippen LogP contribution in [0, 0.1) is 0 Å². The number of β-amino-alcohol motifs (C(OH)–C–C–N with tert-alkyl or cyclic N) is 1. The normalized spacial score (nSPS) is 21.0. The van der Waals surface area contributed by atoms with Gasteiger partial charge in [-0.1, -0.05) is 6.92 Å². The molecule has 2 heterocycles. The van der Waals surface area contributed by atoms with E-state index in [-0.39, 0.29) is 0 Å². The Morgan fingerprint density at radius 3 is 3.13 bits per heavy atom. The van der Waals surface area contributed by atoms with Crippen molar-refractivity contribution in [1.82, 2.24) is 4.90 Å². The number of aliphatic hydroxyl groups is 1. The van der Waals surface area contributed by atoms with Gasteiger partial charge in [-0.05, 0) is 36.8 Å². The average molecular weight is 225 g/mol. The summed E-state index contributed by atoms with van der Waals surface area (Å²) in [6, 6.07) is 2.22. The second kappa shape index (κ2) is 4.24. The molecule has 0 spiro atoms. The van der Waals surface area contributed by atoms with Gasteiger partial charge in [0.25, 0.3) is 0 Å². The Labute approximate surface area is 95.5 Å². The molecule has 0 radical (unpaired) electrons. The van der Waals surface area contributed by atoms with Crippen molar-refractivity contribution in [3.05, 3.63) is 21.9 Å². The SMILES string of the molecule is CCC(C)(O)CN1CCc2sccc2C1. The highest BCUT2D eigenvalue weighted by Gasteiger charge is 2.24. The maximum absolute atomic E-state index is 10.0. The molecular weight excluding hydrogens is 206 g/mol. The predicted molar refractivity (Wildman–Crippen MR) is 64.2 cm³/mol. The zero-order chi connectivity index (χ0) is 10.9. The van der Waals surface area contributed by atoms with Crippen molar-refractivity contribution in [3.63, 3.8) is 0 Å². The summed E-state index contributed by atoms with van der Waals surface area (Å²) in [6.45, 7) is 6.85. The molecule has 0 fully saturated rings. The monoisotopic (exact) mass is 225 g/mol. The van der Waals surface area contributed by atoms with Crippen molar-refractivity contribution in [1.29, 1.82) is 0 Å². The summed E-state index contributed by atoms with van der Waals surface area (Å²) in [6.07, 6.45) is 1.97. The first-order chi connectivity index (χ1) is 7.11. The Bertz CT molecular complexity index is 332. The van der Waals surface area contributed by atoms with Gasteiger partial charge in [-0.2, -0.15) is 0 Å². The van der Waals surface area contributed by atoms with Crippen LogP contribution in [0.4, 0.5) is 0 Å². The van der Waals surface area contributed by atoms with Gasteiger partial charge in [0.05, 0.1) is 5.60 Å². The summed E-state index contributed by atoms with van der Waals surface area (Å²) in [5.74, 6) is 0. The van der Waals surface area contributed by atoms with Crippen LogP contribution in [0.3, 0.4) is 0 Å². The quantitative estimate of drug-likeness (QED) is 0.853. The van der Waals surface area contributed by atoms with Gasteiger partial charge in [0.1, 0.15) is 0 Å².